The molecule has 4 aromatic rings. The summed E-state index contributed by atoms with van der Waals surface area (Å²) in [5.74, 6) is 0.404. The summed E-state index contributed by atoms with van der Waals surface area (Å²) in [6, 6.07) is 35.0. The molecule has 0 aromatic heterocycles. The van der Waals surface area contributed by atoms with Gasteiger partial charge in [-0.2, -0.15) is 0 Å². The Morgan fingerprint density at radius 3 is 2.05 bits per heavy atom. The molecule has 4 aromatic carbocycles. The normalized spacial score (nSPS) is 10.4. The number of nitrogens with one attached hydrogen (secondary N) is 3. The summed E-state index contributed by atoms with van der Waals surface area (Å²) in [7, 11) is 0. The first-order valence-electron chi connectivity index (χ1n) is 12.9. The molecule has 3 N–H and O–H groups in total. The second-order valence-electron chi connectivity index (χ2n) is 8.95. The van der Waals surface area contributed by atoms with Gasteiger partial charge in [-0.25, -0.2) is 0 Å². The molecule has 194 valence electrons. The molecule has 0 aliphatic heterocycles. The van der Waals surface area contributed by atoms with Crippen LogP contribution in [-0.4, -0.2) is 25.0 Å². The molecule has 0 fully saturated rings. The molecule has 0 saturated heterocycles. The largest absolute Gasteiger partial charge is 0.491 e. The van der Waals surface area contributed by atoms with Gasteiger partial charge in [0, 0.05) is 17.8 Å². The van der Waals surface area contributed by atoms with Gasteiger partial charge in [-0.15, -0.1) is 0 Å². The van der Waals surface area contributed by atoms with Crippen molar-refractivity contribution in [2.75, 3.05) is 29.1 Å². The van der Waals surface area contributed by atoms with E-state index in [1.807, 2.05) is 97.1 Å². The van der Waals surface area contributed by atoms with Crippen molar-refractivity contribution in [1.82, 2.24) is 0 Å². The lowest BCUT2D eigenvalue weighted by molar-refractivity contribution is -0.116. The minimum absolute atomic E-state index is 0.0517. The van der Waals surface area contributed by atoms with Crippen LogP contribution in [0.25, 0.3) is 0 Å². The predicted molar refractivity (Wildman–Crippen MR) is 154 cm³/mol. The SMILES string of the molecule is O=C(CCc1ccccc1)Nc1cccc(NCC(=O)Nc2ccccc2OCCCc2ccccc2)c1. The van der Waals surface area contributed by atoms with Gasteiger partial charge in [0.2, 0.25) is 11.8 Å². The Kier molecular flexibility index (Phi) is 9.92. The van der Waals surface area contributed by atoms with Gasteiger partial charge in [0.25, 0.3) is 0 Å². The first kappa shape index (κ1) is 26.5. The van der Waals surface area contributed by atoms with Crippen molar-refractivity contribution in [2.24, 2.45) is 0 Å². The highest BCUT2D eigenvalue weighted by Gasteiger charge is 2.09. The maximum atomic E-state index is 12.6. The Labute approximate surface area is 224 Å². The van der Waals surface area contributed by atoms with E-state index in [1.54, 1.807) is 0 Å². The zero-order chi connectivity index (χ0) is 26.4. The van der Waals surface area contributed by atoms with Gasteiger partial charge in [-0.05, 0) is 60.7 Å². The number of carbonyl (C=O) groups excluding carboxylic acids is 2. The van der Waals surface area contributed by atoms with Crippen LogP contribution in [0.4, 0.5) is 17.1 Å². The van der Waals surface area contributed by atoms with E-state index in [0.29, 0.717) is 36.6 Å². The second kappa shape index (κ2) is 14.2. The minimum atomic E-state index is -0.192. The molecular weight excluding hydrogens is 474 g/mol. The Balaban J connectivity index is 1.21. The van der Waals surface area contributed by atoms with Crippen LogP contribution in [-0.2, 0) is 22.4 Å². The van der Waals surface area contributed by atoms with Crippen LogP contribution in [0.5, 0.6) is 5.75 Å². The predicted octanol–water partition coefficient (Wildman–Crippen LogP) is 6.32. The van der Waals surface area contributed by atoms with E-state index in [1.165, 1.54) is 5.56 Å². The maximum Gasteiger partial charge on any atom is 0.243 e. The van der Waals surface area contributed by atoms with Gasteiger partial charge >= 0.3 is 0 Å². The van der Waals surface area contributed by atoms with E-state index in [9.17, 15) is 9.59 Å². The van der Waals surface area contributed by atoms with Crippen molar-refractivity contribution in [3.8, 4) is 5.75 Å². The molecule has 4 rings (SSSR count). The molecule has 0 saturated carbocycles. The number of rotatable bonds is 13. The lowest BCUT2D eigenvalue weighted by atomic mass is 10.1. The van der Waals surface area contributed by atoms with E-state index in [2.05, 4.69) is 28.1 Å². The standard InChI is InChI=1S/C32H33N3O3/c36-31(21-20-26-13-5-2-6-14-26)34-28-17-9-16-27(23-28)33-24-32(37)35-29-18-7-8-19-30(29)38-22-10-15-25-11-3-1-4-12-25/h1-9,11-14,16-19,23,33H,10,15,20-22,24H2,(H,34,36)(H,35,37). The van der Waals surface area contributed by atoms with Crippen LogP contribution in [0.15, 0.2) is 109 Å². The van der Waals surface area contributed by atoms with Crippen LogP contribution in [0.3, 0.4) is 0 Å². The molecule has 0 aliphatic rings. The third-order valence-electron chi connectivity index (χ3n) is 5.95. The molecule has 0 heterocycles. The summed E-state index contributed by atoms with van der Waals surface area (Å²) >= 11 is 0. The molecule has 6 nitrogen and oxygen atoms in total. The average Bonchev–Trinajstić information content (AvgIpc) is 2.95. The summed E-state index contributed by atoms with van der Waals surface area (Å²) in [6.45, 7) is 0.637. The van der Waals surface area contributed by atoms with Gasteiger partial charge in [-0.3, -0.25) is 9.59 Å². The Hall–Kier alpha value is -4.58. The number of hydrogen-bond donors (Lipinski definition) is 3. The second-order valence-corrected chi connectivity index (χ2v) is 8.95. The van der Waals surface area contributed by atoms with Crippen LogP contribution in [0.1, 0.15) is 24.0 Å². The minimum Gasteiger partial charge on any atom is -0.491 e. The van der Waals surface area contributed by atoms with Crippen molar-refractivity contribution >= 4 is 28.9 Å². The summed E-state index contributed by atoms with van der Waals surface area (Å²) in [5, 5.41) is 8.97. The number of amides is 2. The van der Waals surface area contributed by atoms with Crippen molar-refractivity contribution in [3.63, 3.8) is 0 Å². The number of anilines is 3. The van der Waals surface area contributed by atoms with Crippen LogP contribution < -0.4 is 20.7 Å². The first-order valence-corrected chi connectivity index (χ1v) is 12.9. The fourth-order valence-corrected chi connectivity index (χ4v) is 4.01. The number of para-hydroxylation sites is 2. The van der Waals surface area contributed by atoms with Crippen molar-refractivity contribution in [1.29, 1.82) is 0 Å². The lowest BCUT2D eigenvalue weighted by Gasteiger charge is -2.13. The quantitative estimate of drug-likeness (QED) is 0.185. The number of hydrogen-bond acceptors (Lipinski definition) is 4. The number of carbonyl (C=O) groups is 2. The number of benzene rings is 4. The first-order chi connectivity index (χ1) is 18.7. The third-order valence-corrected chi connectivity index (χ3v) is 5.95. The van der Waals surface area contributed by atoms with Crippen molar-refractivity contribution < 1.29 is 14.3 Å². The fourth-order valence-electron chi connectivity index (χ4n) is 4.01. The number of aryl methyl sites for hydroxylation is 2. The van der Waals surface area contributed by atoms with Gasteiger partial charge < -0.3 is 20.7 Å². The fraction of sp³-hybridized carbons (Fsp3) is 0.188. The smallest absolute Gasteiger partial charge is 0.243 e. The molecule has 0 atom stereocenters. The van der Waals surface area contributed by atoms with E-state index >= 15 is 0 Å². The van der Waals surface area contributed by atoms with Gasteiger partial charge in [0.1, 0.15) is 5.75 Å². The summed E-state index contributed by atoms with van der Waals surface area (Å²) < 4.78 is 5.95. The van der Waals surface area contributed by atoms with E-state index in [0.717, 1.165) is 24.1 Å². The Morgan fingerprint density at radius 2 is 1.29 bits per heavy atom. The van der Waals surface area contributed by atoms with E-state index in [4.69, 9.17) is 4.74 Å². The van der Waals surface area contributed by atoms with Crippen molar-refractivity contribution in [2.45, 2.75) is 25.7 Å². The van der Waals surface area contributed by atoms with E-state index < -0.39 is 0 Å². The van der Waals surface area contributed by atoms with Crippen LogP contribution in [0, 0.1) is 0 Å². The van der Waals surface area contributed by atoms with Crippen molar-refractivity contribution in [3.05, 3.63) is 120 Å². The lowest BCUT2D eigenvalue weighted by Crippen LogP contribution is -2.22. The third kappa shape index (κ3) is 8.82. The number of ether oxygens (including phenoxy) is 1. The summed E-state index contributed by atoms with van der Waals surface area (Å²) in [5.41, 5.74) is 4.47. The van der Waals surface area contributed by atoms with Crippen LogP contribution in [0.2, 0.25) is 0 Å². The molecule has 38 heavy (non-hydrogen) atoms. The zero-order valence-electron chi connectivity index (χ0n) is 21.4. The highest BCUT2D eigenvalue weighted by molar-refractivity contribution is 5.95. The highest BCUT2D eigenvalue weighted by atomic mass is 16.5. The molecule has 6 heteroatoms. The Morgan fingerprint density at radius 1 is 0.632 bits per heavy atom. The van der Waals surface area contributed by atoms with E-state index in [-0.39, 0.29) is 18.4 Å². The highest BCUT2D eigenvalue weighted by Crippen LogP contribution is 2.24. The van der Waals surface area contributed by atoms with Crippen LogP contribution >= 0.6 is 0 Å². The molecule has 2 amide bonds. The Bertz CT molecular complexity index is 1310. The zero-order valence-corrected chi connectivity index (χ0v) is 21.4. The molecule has 0 radical (unpaired) electrons. The van der Waals surface area contributed by atoms with Gasteiger partial charge in [0.15, 0.2) is 0 Å². The molecular formula is C32H33N3O3. The maximum absolute atomic E-state index is 12.6. The molecule has 0 aliphatic carbocycles. The molecule has 0 unspecified atom stereocenters. The van der Waals surface area contributed by atoms with Gasteiger partial charge in [-0.1, -0.05) is 78.9 Å². The molecule has 0 spiro atoms. The average molecular weight is 508 g/mol. The molecule has 0 bridgehead atoms. The topological polar surface area (TPSA) is 79.5 Å². The monoisotopic (exact) mass is 507 g/mol. The van der Waals surface area contributed by atoms with Gasteiger partial charge in [0.05, 0.1) is 18.8 Å². The summed E-state index contributed by atoms with van der Waals surface area (Å²) in [4.78, 5) is 25.0. The summed E-state index contributed by atoms with van der Waals surface area (Å²) in [6.07, 6.45) is 2.90.